The minimum absolute atomic E-state index is 0.125. The molecule has 1 aliphatic rings. The topological polar surface area (TPSA) is 132 Å². The van der Waals surface area contributed by atoms with Gasteiger partial charge in [-0.3, -0.25) is 10.1 Å². The molecule has 0 spiro atoms. The lowest BCUT2D eigenvalue weighted by molar-refractivity contribution is -0.384. The lowest BCUT2D eigenvalue weighted by Crippen LogP contribution is -2.46. The fourth-order valence-electron chi connectivity index (χ4n) is 1.79. The molecule has 1 saturated heterocycles. The largest absolute Gasteiger partial charge is 0.479 e. The molecule has 2 rings (SSSR count). The second-order valence-electron chi connectivity index (χ2n) is 3.97. The van der Waals surface area contributed by atoms with E-state index >= 15 is 0 Å². The van der Waals surface area contributed by atoms with Crippen molar-refractivity contribution in [1.82, 2.24) is 4.98 Å². The number of nitrogens with two attached hydrogens (primary N) is 1. The molecule has 1 aromatic rings. The number of nitro groups is 1. The van der Waals surface area contributed by atoms with Crippen molar-refractivity contribution in [3.63, 3.8) is 0 Å². The highest BCUT2D eigenvalue weighted by Gasteiger charge is 2.27. The van der Waals surface area contributed by atoms with Crippen molar-refractivity contribution in [2.24, 2.45) is 0 Å². The number of aliphatic carboxylic acids is 1. The molecular formula is C10H12N4O5. The first-order valence-electron chi connectivity index (χ1n) is 5.49. The van der Waals surface area contributed by atoms with Gasteiger partial charge in [0, 0.05) is 12.6 Å². The summed E-state index contributed by atoms with van der Waals surface area (Å²) in [6, 6.07) is 2.70. The van der Waals surface area contributed by atoms with E-state index in [1.165, 1.54) is 12.1 Å². The molecule has 19 heavy (non-hydrogen) atoms. The van der Waals surface area contributed by atoms with Gasteiger partial charge in [0.1, 0.15) is 5.82 Å². The highest BCUT2D eigenvalue weighted by atomic mass is 16.6. The second-order valence-corrected chi connectivity index (χ2v) is 3.97. The van der Waals surface area contributed by atoms with Crippen molar-refractivity contribution in [2.45, 2.75) is 6.10 Å². The Balaban J connectivity index is 2.20. The average molecular weight is 268 g/mol. The third-order valence-electron chi connectivity index (χ3n) is 2.75. The van der Waals surface area contributed by atoms with Crippen molar-refractivity contribution >= 4 is 23.3 Å². The number of nitrogen functional groups attached to an aromatic ring is 1. The zero-order valence-electron chi connectivity index (χ0n) is 9.85. The number of pyridine rings is 1. The van der Waals surface area contributed by atoms with Gasteiger partial charge >= 0.3 is 11.7 Å². The molecule has 0 aliphatic carbocycles. The van der Waals surface area contributed by atoms with E-state index in [9.17, 15) is 14.9 Å². The summed E-state index contributed by atoms with van der Waals surface area (Å²) in [5, 5.41) is 19.5. The van der Waals surface area contributed by atoms with Gasteiger partial charge < -0.3 is 20.5 Å². The monoisotopic (exact) mass is 268 g/mol. The molecule has 0 amide bonds. The van der Waals surface area contributed by atoms with Gasteiger partial charge in [-0.1, -0.05) is 0 Å². The van der Waals surface area contributed by atoms with E-state index in [1.54, 1.807) is 4.90 Å². The van der Waals surface area contributed by atoms with Gasteiger partial charge in [-0.15, -0.1) is 0 Å². The summed E-state index contributed by atoms with van der Waals surface area (Å²) in [7, 11) is 0. The fraction of sp³-hybridized carbons (Fsp3) is 0.400. The number of carboxylic acid groups (broad SMARTS) is 1. The number of morpholine rings is 1. The normalized spacial score (nSPS) is 19.2. The van der Waals surface area contributed by atoms with E-state index < -0.39 is 17.0 Å². The summed E-state index contributed by atoms with van der Waals surface area (Å²) in [5.74, 6) is -0.849. The van der Waals surface area contributed by atoms with E-state index in [4.69, 9.17) is 15.6 Å². The number of ether oxygens (including phenoxy) is 1. The van der Waals surface area contributed by atoms with Crippen LogP contribution < -0.4 is 10.6 Å². The van der Waals surface area contributed by atoms with Crippen LogP contribution in [0, 0.1) is 10.1 Å². The van der Waals surface area contributed by atoms with Crippen LogP contribution in [0.15, 0.2) is 12.1 Å². The van der Waals surface area contributed by atoms with Crippen LogP contribution in [0.3, 0.4) is 0 Å². The number of nitrogens with zero attached hydrogens (tertiary/aromatic N) is 3. The molecule has 0 aromatic carbocycles. The quantitative estimate of drug-likeness (QED) is 0.572. The number of carboxylic acids is 1. The first-order chi connectivity index (χ1) is 8.99. The summed E-state index contributed by atoms with van der Waals surface area (Å²) in [6.07, 6.45) is -0.938. The third-order valence-corrected chi connectivity index (χ3v) is 2.75. The molecule has 1 aromatic heterocycles. The Morgan fingerprint density at radius 1 is 1.63 bits per heavy atom. The predicted molar refractivity (Wildman–Crippen MR) is 64.9 cm³/mol. The maximum Gasteiger partial charge on any atom is 0.334 e. The molecule has 9 heteroatoms. The van der Waals surface area contributed by atoms with Gasteiger partial charge in [0.25, 0.3) is 0 Å². The second kappa shape index (κ2) is 5.06. The van der Waals surface area contributed by atoms with Crippen LogP contribution >= 0.6 is 0 Å². The molecule has 0 saturated carbocycles. The van der Waals surface area contributed by atoms with Crippen molar-refractivity contribution in [2.75, 3.05) is 30.3 Å². The molecule has 3 N–H and O–H groups in total. The van der Waals surface area contributed by atoms with Crippen LogP contribution in [0.5, 0.6) is 0 Å². The molecule has 1 unspecified atom stereocenters. The molecule has 2 heterocycles. The van der Waals surface area contributed by atoms with Crippen LogP contribution in [0.4, 0.5) is 17.3 Å². The Bertz CT molecular complexity index is 521. The van der Waals surface area contributed by atoms with Crippen molar-refractivity contribution < 1.29 is 19.6 Å². The van der Waals surface area contributed by atoms with E-state index in [2.05, 4.69) is 4.98 Å². The van der Waals surface area contributed by atoms with Crippen molar-refractivity contribution in [3.05, 3.63) is 22.2 Å². The number of anilines is 2. The van der Waals surface area contributed by atoms with E-state index in [0.717, 1.165) is 0 Å². The minimum atomic E-state index is -1.06. The molecule has 0 bridgehead atoms. The summed E-state index contributed by atoms with van der Waals surface area (Å²) in [4.78, 5) is 26.5. The zero-order chi connectivity index (χ0) is 14.0. The number of carbonyl (C=O) groups is 1. The van der Waals surface area contributed by atoms with Crippen LogP contribution in [0.25, 0.3) is 0 Å². The number of hydrogen-bond acceptors (Lipinski definition) is 7. The summed E-state index contributed by atoms with van der Waals surface area (Å²) in [6.45, 7) is 0.823. The smallest absolute Gasteiger partial charge is 0.334 e. The molecule has 1 aliphatic heterocycles. The van der Waals surface area contributed by atoms with E-state index in [-0.39, 0.29) is 24.7 Å². The predicted octanol–water partition coefficient (Wildman–Crippen LogP) is -0.138. The Morgan fingerprint density at radius 3 is 2.95 bits per heavy atom. The Hall–Kier alpha value is -2.42. The van der Waals surface area contributed by atoms with Crippen LogP contribution in [0.1, 0.15) is 0 Å². The summed E-state index contributed by atoms with van der Waals surface area (Å²) < 4.78 is 5.07. The summed E-state index contributed by atoms with van der Waals surface area (Å²) in [5.41, 5.74) is 5.22. The lowest BCUT2D eigenvalue weighted by atomic mass is 10.2. The van der Waals surface area contributed by atoms with Gasteiger partial charge in [0.05, 0.1) is 18.1 Å². The molecular weight excluding hydrogens is 256 g/mol. The zero-order valence-corrected chi connectivity index (χ0v) is 9.85. The SMILES string of the molecule is Nc1nc(N2CCOC(C(=O)O)C2)ccc1[N+](=O)[O-]. The minimum Gasteiger partial charge on any atom is -0.479 e. The van der Waals surface area contributed by atoms with Crippen LogP contribution in [-0.4, -0.2) is 46.8 Å². The number of hydrogen-bond donors (Lipinski definition) is 2. The Morgan fingerprint density at radius 2 is 2.37 bits per heavy atom. The van der Waals surface area contributed by atoms with Gasteiger partial charge in [-0.05, 0) is 6.07 Å². The highest BCUT2D eigenvalue weighted by molar-refractivity contribution is 5.73. The van der Waals surface area contributed by atoms with Gasteiger partial charge in [-0.2, -0.15) is 0 Å². The maximum atomic E-state index is 10.9. The van der Waals surface area contributed by atoms with Crippen LogP contribution in [0.2, 0.25) is 0 Å². The Kier molecular flexibility index (Phi) is 3.47. The maximum absolute atomic E-state index is 10.9. The molecule has 1 fully saturated rings. The van der Waals surface area contributed by atoms with Crippen LogP contribution in [-0.2, 0) is 9.53 Å². The molecule has 1 atom stereocenters. The highest BCUT2D eigenvalue weighted by Crippen LogP contribution is 2.24. The molecule has 9 nitrogen and oxygen atoms in total. The van der Waals surface area contributed by atoms with Gasteiger partial charge in [0.15, 0.2) is 6.10 Å². The fourth-order valence-corrected chi connectivity index (χ4v) is 1.79. The molecule has 0 radical (unpaired) electrons. The third kappa shape index (κ3) is 2.71. The number of aromatic nitrogens is 1. The number of rotatable bonds is 3. The average Bonchev–Trinajstić information content (AvgIpc) is 2.38. The van der Waals surface area contributed by atoms with E-state index in [0.29, 0.717) is 12.4 Å². The first-order valence-corrected chi connectivity index (χ1v) is 5.49. The lowest BCUT2D eigenvalue weighted by Gasteiger charge is -2.31. The van der Waals surface area contributed by atoms with Gasteiger partial charge in [0.2, 0.25) is 5.82 Å². The molecule has 102 valence electrons. The Labute approximate surface area is 107 Å². The summed E-state index contributed by atoms with van der Waals surface area (Å²) >= 11 is 0. The first kappa shape index (κ1) is 13.0. The van der Waals surface area contributed by atoms with Gasteiger partial charge in [-0.25, -0.2) is 9.78 Å². The standard InChI is InChI=1S/C10H12N4O5/c11-9-6(14(17)18)1-2-8(12-9)13-3-4-19-7(5-13)10(15)16/h1-2,7H,3-5H2,(H2,11,12)(H,15,16). The van der Waals surface area contributed by atoms with E-state index in [1.807, 2.05) is 0 Å². The van der Waals surface area contributed by atoms with Crippen molar-refractivity contribution in [1.29, 1.82) is 0 Å². The van der Waals surface area contributed by atoms with Crippen molar-refractivity contribution in [3.8, 4) is 0 Å².